The normalized spacial score (nSPS) is 13.4. The van der Waals surface area contributed by atoms with Gasteiger partial charge in [0.1, 0.15) is 0 Å². The Labute approximate surface area is 124 Å². The summed E-state index contributed by atoms with van der Waals surface area (Å²) >= 11 is 0. The average Bonchev–Trinajstić information content (AvgIpc) is 2.46. The fourth-order valence-electron chi connectivity index (χ4n) is 2.41. The molecule has 0 heterocycles. The van der Waals surface area contributed by atoms with Gasteiger partial charge in [0, 0.05) is 6.04 Å². The first-order valence-corrected chi connectivity index (χ1v) is 7.62. The Bertz CT molecular complexity index is 405. The van der Waals surface area contributed by atoms with Gasteiger partial charge in [-0.1, -0.05) is 57.6 Å². The number of rotatable bonds is 9. The molecule has 1 aromatic rings. The van der Waals surface area contributed by atoms with Gasteiger partial charge in [-0.25, -0.2) is 0 Å². The van der Waals surface area contributed by atoms with Gasteiger partial charge in [-0.05, 0) is 24.1 Å². The third-order valence-corrected chi connectivity index (χ3v) is 3.66. The molecular weight excluding hydrogens is 277 g/mol. The minimum absolute atomic E-state index is 0.224. The molecule has 0 aliphatic rings. The van der Waals surface area contributed by atoms with Crippen molar-refractivity contribution in [2.75, 3.05) is 0 Å². The van der Waals surface area contributed by atoms with E-state index in [9.17, 15) is 13.2 Å². The number of alkyl halides is 3. The molecule has 0 saturated carbocycles. The summed E-state index contributed by atoms with van der Waals surface area (Å²) in [6.07, 6.45) is 3.35. The van der Waals surface area contributed by atoms with Crippen LogP contribution in [0, 0.1) is 0 Å². The molecule has 0 bridgehead atoms. The highest BCUT2D eigenvalue weighted by Crippen LogP contribution is 2.31. The smallest absolute Gasteiger partial charge is 0.271 e. The average molecular weight is 302 g/mol. The summed E-state index contributed by atoms with van der Waals surface area (Å²) in [6.45, 7) is 2.17. The quantitative estimate of drug-likeness (QED) is 0.384. The number of hydrogen-bond donors (Lipinski definition) is 2. The van der Waals surface area contributed by atoms with Crippen LogP contribution in [0.2, 0.25) is 0 Å². The highest BCUT2D eigenvalue weighted by Gasteiger charge is 2.30. The number of nitrogens with two attached hydrogens (primary N) is 1. The molecule has 0 saturated heterocycles. The first kappa shape index (κ1) is 18.0. The Kier molecular flexibility index (Phi) is 7.75. The number of unbranched alkanes of at least 4 members (excludes halogenated alkanes) is 5. The van der Waals surface area contributed by atoms with Crippen LogP contribution in [-0.2, 0) is 6.18 Å². The summed E-state index contributed by atoms with van der Waals surface area (Å²) in [5, 5.41) is 0. The van der Waals surface area contributed by atoms with Gasteiger partial charge in [0.2, 0.25) is 0 Å². The Morgan fingerprint density at radius 2 is 1.76 bits per heavy atom. The lowest BCUT2D eigenvalue weighted by Crippen LogP contribution is -2.28. The highest BCUT2D eigenvalue weighted by molar-refractivity contribution is 5.27. The van der Waals surface area contributed by atoms with Crippen LogP contribution < -0.4 is 11.3 Å². The van der Waals surface area contributed by atoms with Crippen LogP contribution in [0.25, 0.3) is 0 Å². The molecule has 0 fully saturated rings. The minimum atomic E-state index is -4.31. The second-order valence-corrected chi connectivity index (χ2v) is 5.40. The molecule has 1 rings (SSSR count). The monoisotopic (exact) mass is 302 g/mol. The number of nitrogens with one attached hydrogen (secondary N) is 1. The Morgan fingerprint density at radius 3 is 2.38 bits per heavy atom. The molecule has 0 radical (unpaired) electrons. The van der Waals surface area contributed by atoms with Gasteiger partial charge in [-0.3, -0.25) is 11.3 Å². The van der Waals surface area contributed by atoms with Crippen LogP contribution in [0.1, 0.15) is 69.0 Å². The van der Waals surface area contributed by atoms with E-state index in [-0.39, 0.29) is 6.04 Å². The summed E-state index contributed by atoms with van der Waals surface area (Å²) in [6, 6.07) is 5.17. The predicted molar refractivity (Wildman–Crippen MR) is 79.5 cm³/mol. The van der Waals surface area contributed by atoms with E-state index in [1.807, 2.05) is 0 Å². The van der Waals surface area contributed by atoms with Crippen molar-refractivity contribution in [3.05, 3.63) is 35.4 Å². The molecular formula is C16H25F3N2. The molecule has 0 aromatic heterocycles. The minimum Gasteiger partial charge on any atom is -0.271 e. The SMILES string of the molecule is CCCCCCCCC(NN)c1cccc(C(F)(F)F)c1. The molecule has 2 nitrogen and oxygen atoms in total. The molecule has 1 aromatic carbocycles. The van der Waals surface area contributed by atoms with E-state index >= 15 is 0 Å². The number of benzene rings is 1. The standard InChI is InChI=1S/C16H25F3N2/c1-2-3-4-5-6-7-11-15(21-20)13-9-8-10-14(12-13)16(17,18)19/h8-10,12,15,21H,2-7,11,20H2,1H3. The molecule has 5 heteroatoms. The molecule has 120 valence electrons. The Balaban J connectivity index is 2.52. The first-order chi connectivity index (χ1) is 9.99. The van der Waals surface area contributed by atoms with Gasteiger partial charge >= 0.3 is 6.18 Å². The van der Waals surface area contributed by atoms with Crippen LogP contribution in [-0.4, -0.2) is 0 Å². The van der Waals surface area contributed by atoms with E-state index in [0.717, 1.165) is 25.3 Å². The second kappa shape index (κ2) is 9.05. The third-order valence-electron chi connectivity index (χ3n) is 3.66. The van der Waals surface area contributed by atoms with E-state index in [0.29, 0.717) is 5.56 Å². The molecule has 3 N–H and O–H groups in total. The van der Waals surface area contributed by atoms with E-state index in [1.54, 1.807) is 6.07 Å². The fraction of sp³-hybridized carbons (Fsp3) is 0.625. The Hall–Kier alpha value is -1.07. The molecule has 0 aliphatic heterocycles. The summed E-state index contributed by atoms with van der Waals surface area (Å²) in [5.74, 6) is 5.50. The van der Waals surface area contributed by atoms with E-state index in [2.05, 4.69) is 12.3 Å². The first-order valence-electron chi connectivity index (χ1n) is 7.62. The maximum absolute atomic E-state index is 12.7. The van der Waals surface area contributed by atoms with Crippen molar-refractivity contribution in [2.45, 2.75) is 64.1 Å². The van der Waals surface area contributed by atoms with Crippen LogP contribution >= 0.6 is 0 Å². The number of hydrogen-bond acceptors (Lipinski definition) is 2. The maximum Gasteiger partial charge on any atom is 0.416 e. The van der Waals surface area contributed by atoms with Crippen molar-refractivity contribution in [3.8, 4) is 0 Å². The lowest BCUT2D eigenvalue weighted by molar-refractivity contribution is -0.137. The molecule has 21 heavy (non-hydrogen) atoms. The highest BCUT2D eigenvalue weighted by atomic mass is 19.4. The van der Waals surface area contributed by atoms with Crippen LogP contribution in [0.4, 0.5) is 13.2 Å². The van der Waals surface area contributed by atoms with Gasteiger partial charge in [-0.15, -0.1) is 0 Å². The van der Waals surface area contributed by atoms with Gasteiger partial charge in [-0.2, -0.15) is 13.2 Å². The van der Waals surface area contributed by atoms with Crippen molar-refractivity contribution < 1.29 is 13.2 Å². The van der Waals surface area contributed by atoms with E-state index in [1.165, 1.54) is 37.8 Å². The van der Waals surface area contributed by atoms with Gasteiger partial charge in [0.15, 0.2) is 0 Å². The molecule has 0 amide bonds. The molecule has 0 spiro atoms. The molecule has 0 aliphatic carbocycles. The van der Waals surface area contributed by atoms with Gasteiger partial charge in [0.05, 0.1) is 5.56 Å². The van der Waals surface area contributed by atoms with Gasteiger partial charge < -0.3 is 0 Å². The zero-order valence-corrected chi connectivity index (χ0v) is 12.5. The van der Waals surface area contributed by atoms with Crippen molar-refractivity contribution >= 4 is 0 Å². The summed E-state index contributed by atoms with van der Waals surface area (Å²) < 4.78 is 38.1. The van der Waals surface area contributed by atoms with Crippen molar-refractivity contribution in [1.29, 1.82) is 0 Å². The second-order valence-electron chi connectivity index (χ2n) is 5.40. The van der Waals surface area contributed by atoms with Crippen LogP contribution in [0.15, 0.2) is 24.3 Å². The summed E-state index contributed by atoms with van der Waals surface area (Å²) in [5.41, 5.74) is 2.61. The number of hydrazine groups is 1. The predicted octanol–water partition coefficient (Wildman–Crippen LogP) is 4.96. The van der Waals surface area contributed by atoms with Crippen molar-refractivity contribution in [3.63, 3.8) is 0 Å². The van der Waals surface area contributed by atoms with E-state index in [4.69, 9.17) is 5.84 Å². The molecule has 1 atom stereocenters. The van der Waals surface area contributed by atoms with Crippen LogP contribution in [0.3, 0.4) is 0 Å². The summed E-state index contributed by atoms with van der Waals surface area (Å²) in [4.78, 5) is 0. The largest absolute Gasteiger partial charge is 0.416 e. The van der Waals surface area contributed by atoms with Crippen molar-refractivity contribution in [1.82, 2.24) is 5.43 Å². The fourth-order valence-corrected chi connectivity index (χ4v) is 2.41. The lowest BCUT2D eigenvalue weighted by atomic mass is 9.98. The topological polar surface area (TPSA) is 38.0 Å². The van der Waals surface area contributed by atoms with E-state index < -0.39 is 11.7 Å². The van der Waals surface area contributed by atoms with Crippen LogP contribution in [0.5, 0.6) is 0 Å². The van der Waals surface area contributed by atoms with Crippen molar-refractivity contribution in [2.24, 2.45) is 5.84 Å². The zero-order valence-electron chi connectivity index (χ0n) is 12.5. The lowest BCUT2D eigenvalue weighted by Gasteiger charge is -2.18. The third kappa shape index (κ3) is 6.48. The molecule has 1 unspecified atom stereocenters. The Morgan fingerprint density at radius 1 is 1.10 bits per heavy atom. The zero-order chi connectivity index (χ0) is 15.7. The number of halogens is 3. The van der Waals surface area contributed by atoms with Gasteiger partial charge in [0.25, 0.3) is 0 Å². The maximum atomic E-state index is 12.7. The summed E-state index contributed by atoms with van der Waals surface area (Å²) in [7, 11) is 0.